The summed E-state index contributed by atoms with van der Waals surface area (Å²) in [5.41, 5.74) is 2.60. The molecule has 2 aromatic rings. The van der Waals surface area contributed by atoms with Gasteiger partial charge in [-0.25, -0.2) is 0 Å². The highest BCUT2D eigenvalue weighted by molar-refractivity contribution is 5.89. The van der Waals surface area contributed by atoms with Crippen molar-refractivity contribution in [2.24, 2.45) is 0 Å². The first-order valence-corrected chi connectivity index (χ1v) is 8.82. The zero-order valence-corrected chi connectivity index (χ0v) is 16.4. The van der Waals surface area contributed by atoms with Crippen molar-refractivity contribution in [1.29, 1.82) is 0 Å². The average Bonchev–Trinajstić information content (AvgIpc) is 2.71. The zero-order chi connectivity index (χ0) is 20.3. The number of methoxy groups -OCH3 is 3. The highest BCUT2D eigenvalue weighted by Crippen LogP contribution is 2.43. The standard InChI is InChI=1S/C21H23NO6/c1-13(23)28-19-12-22(21(19)24)11-14-7-5-6-8-16(14)20-17(26-3)9-15(25-2)10-18(20)27-4/h5-10,19H,11-12H2,1-4H3. The van der Waals surface area contributed by atoms with Crippen LogP contribution in [0.15, 0.2) is 36.4 Å². The van der Waals surface area contributed by atoms with Gasteiger partial charge in [0.15, 0.2) is 6.10 Å². The zero-order valence-electron chi connectivity index (χ0n) is 16.4. The van der Waals surface area contributed by atoms with Gasteiger partial charge in [0.1, 0.15) is 17.2 Å². The molecule has 7 heteroatoms. The molecule has 1 heterocycles. The quantitative estimate of drug-likeness (QED) is 0.539. The van der Waals surface area contributed by atoms with E-state index in [-0.39, 0.29) is 5.91 Å². The van der Waals surface area contributed by atoms with Crippen molar-refractivity contribution >= 4 is 11.9 Å². The molecule has 0 saturated carbocycles. The van der Waals surface area contributed by atoms with Crippen LogP contribution in [0.3, 0.4) is 0 Å². The van der Waals surface area contributed by atoms with Crippen molar-refractivity contribution < 1.29 is 28.5 Å². The highest BCUT2D eigenvalue weighted by atomic mass is 16.6. The van der Waals surface area contributed by atoms with E-state index >= 15 is 0 Å². The van der Waals surface area contributed by atoms with Crippen LogP contribution in [0.2, 0.25) is 0 Å². The van der Waals surface area contributed by atoms with Crippen molar-refractivity contribution in [3.8, 4) is 28.4 Å². The Morgan fingerprint density at radius 3 is 2.25 bits per heavy atom. The van der Waals surface area contributed by atoms with Crippen LogP contribution in [0.5, 0.6) is 17.2 Å². The second kappa shape index (κ2) is 8.21. The Balaban J connectivity index is 1.94. The molecule has 0 bridgehead atoms. The molecule has 0 radical (unpaired) electrons. The summed E-state index contributed by atoms with van der Waals surface area (Å²) in [5, 5.41) is 0. The van der Waals surface area contributed by atoms with Crippen LogP contribution in [-0.2, 0) is 20.9 Å². The van der Waals surface area contributed by atoms with Crippen LogP contribution in [0.4, 0.5) is 0 Å². The normalized spacial score (nSPS) is 15.6. The molecule has 0 spiro atoms. The van der Waals surface area contributed by atoms with Crippen LogP contribution in [0, 0.1) is 0 Å². The smallest absolute Gasteiger partial charge is 0.303 e. The van der Waals surface area contributed by atoms with Gasteiger partial charge in [0, 0.05) is 25.6 Å². The second-order valence-electron chi connectivity index (χ2n) is 6.38. The number of carbonyl (C=O) groups excluding carboxylic acids is 2. The lowest BCUT2D eigenvalue weighted by Gasteiger charge is -2.37. The summed E-state index contributed by atoms with van der Waals surface area (Å²) in [6.07, 6.45) is -0.685. The van der Waals surface area contributed by atoms with Crippen molar-refractivity contribution in [3.63, 3.8) is 0 Å². The van der Waals surface area contributed by atoms with E-state index in [0.29, 0.717) is 30.3 Å². The Morgan fingerprint density at radius 1 is 1.07 bits per heavy atom. The van der Waals surface area contributed by atoms with Gasteiger partial charge in [0.05, 0.1) is 33.4 Å². The second-order valence-corrected chi connectivity index (χ2v) is 6.38. The summed E-state index contributed by atoms with van der Waals surface area (Å²) in [7, 11) is 4.75. The van der Waals surface area contributed by atoms with Crippen molar-refractivity contribution in [3.05, 3.63) is 42.0 Å². The molecule has 1 aliphatic heterocycles. The van der Waals surface area contributed by atoms with Crippen molar-refractivity contribution in [2.45, 2.75) is 19.6 Å². The third-order valence-electron chi connectivity index (χ3n) is 4.64. The first-order valence-electron chi connectivity index (χ1n) is 8.82. The lowest BCUT2D eigenvalue weighted by Crippen LogP contribution is -2.57. The van der Waals surface area contributed by atoms with Gasteiger partial charge in [-0.3, -0.25) is 9.59 Å². The Kier molecular flexibility index (Phi) is 5.73. The molecule has 2 aromatic carbocycles. The number of nitrogens with zero attached hydrogens (tertiary/aromatic N) is 1. The van der Waals surface area contributed by atoms with Gasteiger partial charge >= 0.3 is 5.97 Å². The maximum Gasteiger partial charge on any atom is 0.303 e. The van der Waals surface area contributed by atoms with E-state index in [9.17, 15) is 9.59 Å². The fourth-order valence-electron chi connectivity index (χ4n) is 3.27. The topological polar surface area (TPSA) is 74.3 Å². The van der Waals surface area contributed by atoms with Gasteiger partial charge in [-0.2, -0.15) is 0 Å². The van der Waals surface area contributed by atoms with E-state index in [2.05, 4.69) is 0 Å². The monoisotopic (exact) mass is 385 g/mol. The third kappa shape index (κ3) is 3.74. The van der Waals surface area contributed by atoms with Crippen LogP contribution in [0.1, 0.15) is 12.5 Å². The summed E-state index contributed by atoms with van der Waals surface area (Å²) < 4.78 is 21.4. The van der Waals surface area contributed by atoms with E-state index in [1.165, 1.54) is 6.92 Å². The summed E-state index contributed by atoms with van der Waals surface area (Å²) in [4.78, 5) is 25.0. The Morgan fingerprint density at radius 2 is 1.71 bits per heavy atom. The number of carbonyl (C=O) groups is 2. The molecule has 0 aromatic heterocycles. The molecule has 0 N–H and O–H groups in total. The molecule has 28 heavy (non-hydrogen) atoms. The van der Waals surface area contributed by atoms with E-state index in [1.807, 2.05) is 24.3 Å². The van der Waals surface area contributed by atoms with Crippen LogP contribution in [0.25, 0.3) is 11.1 Å². The Hall–Kier alpha value is -3.22. The van der Waals surface area contributed by atoms with Crippen LogP contribution < -0.4 is 14.2 Å². The summed E-state index contributed by atoms with van der Waals surface area (Å²) in [6, 6.07) is 11.3. The summed E-state index contributed by atoms with van der Waals surface area (Å²) in [6.45, 7) is 2.07. The lowest BCUT2D eigenvalue weighted by atomic mass is 9.96. The number of esters is 1. The number of β-lactam (4-membered cyclic amide) rings is 1. The molecule has 0 aliphatic carbocycles. The number of benzene rings is 2. The minimum atomic E-state index is -0.685. The molecular weight excluding hydrogens is 362 g/mol. The minimum absolute atomic E-state index is 0.196. The van der Waals surface area contributed by atoms with E-state index in [4.69, 9.17) is 18.9 Å². The number of likely N-dealkylation sites (tertiary alicyclic amines) is 1. The maximum absolute atomic E-state index is 12.3. The minimum Gasteiger partial charge on any atom is -0.496 e. The number of amides is 1. The van der Waals surface area contributed by atoms with E-state index in [1.54, 1.807) is 38.4 Å². The van der Waals surface area contributed by atoms with E-state index < -0.39 is 12.1 Å². The Labute approximate surface area is 163 Å². The first kappa shape index (κ1) is 19.5. The number of hydrogen-bond acceptors (Lipinski definition) is 6. The van der Waals surface area contributed by atoms with Gasteiger partial charge in [-0.05, 0) is 11.1 Å². The van der Waals surface area contributed by atoms with Gasteiger partial charge in [-0.1, -0.05) is 24.3 Å². The molecule has 1 aliphatic rings. The van der Waals surface area contributed by atoms with Gasteiger partial charge in [-0.15, -0.1) is 0 Å². The fraction of sp³-hybridized carbons (Fsp3) is 0.333. The molecule has 1 unspecified atom stereocenters. The number of hydrogen-bond donors (Lipinski definition) is 0. The number of ether oxygens (including phenoxy) is 4. The van der Waals surface area contributed by atoms with Crippen molar-refractivity contribution in [1.82, 2.24) is 4.90 Å². The largest absolute Gasteiger partial charge is 0.496 e. The van der Waals surface area contributed by atoms with Crippen LogP contribution >= 0.6 is 0 Å². The molecule has 1 fully saturated rings. The fourth-order valence-corrected chi connectivity index (χ4v) is 3.27. The molecular formula is C21H23NO6. The molecule has 3 rings (SSSR count). The summed E-state index contributed by atoms with van der Waals surface area (Å²) in [5.74, 6) is 1.19. The molecule has 1 atom stereocenters. The van der Waals surface area contributed by atoms with Crippen LogP contribution in [-0.4, -0.2) is 50.8 Å². The lowest BCUT2D eigenvalue weighted by molar-refractivity contribution is -0.172. The number of rotatable bonds is 7. The third-order valence-corrected chi connectivity index (χ3v) is 4.64. The summed E-state index contributed by atoms with van der Waals surface area (Å²) >= 11 is 0. The predicted molar refractivity (Wildman–Crippen MR) is 103 cm³/mol. The molecule has 148 valence electrons. The molecule has 1 amide bonds. The predicted octanol–water partition coefficient (Wildman–Crippen LogP) is 2.65. The van der Waals surface area contributed by atoms with Gasteiger partial charge in [0.25, 0.3) is 5.91 Å². The average molecular weight is 385 g/mol. The van der Waals surface area contributed by atoms with E-state index in [0.717, 1.165) is 16.7 Å². The molecule has 1 saturated heterocycles. The highest BCUT2D eigenvalue weighted by Gasteiger charge is 2.39. The Bertz CT molecular complexity index is 869. The first-order chi connectivity index (χ1) is 13.5. The maximum atomic E-state index is 12.3. The SMILES string of the molecule is COc1cc(OC)c(-c2ccccc2CN2CC(OC(C)=O)C2=O)c(OC)c1. The van der Waals surface area contributed by atoms with Gasteiger partial charge < -0.3 is 23.8 Å². The van der Waals surface area contributed by atoms with Crippen molar-refractivity contribution in [2.75, 3.05) is 27.9 Å². The van der Waals surface area contributed by atoms with Gasteiger partial charge in [0.2, 0.25) is 0 Å². The molecule has 7 nitrogen and oxygen atoms in total.